The molecule has 0 unspecified atom stereocenters. The van der Waals surface area contributed by atoms with Crippen LogP contribution in [-0.4, -0.2) is 63.0 Å². The molecule has 0 amide bonds. The summed E-state index contributed by atoms with van der Waals surface area (Å²) in [7, 11) is -10.8. The summed E-state index contributed by atoms with van der Waals surface area (Å²) in [5.74, 6) is 0.990. The molecule has 0 aliphatic rings. The van der Waals surface area contributed by atoms with Crippen molar-refractivity contribution in [2.45, 2.75) is 173 Å². The first kappa shape index (κ1) is 43.0. The molecule has 2 rings (SSSR count). The smallest absolute Gasteiger partial charge is 0.0741 e. The van der Waals surface area contributed by atoms with Crippen LogP contribution in [0.3, 0.4) is 0 Å². The van der Waals surface area contributed by atoms with Crippen LogP contribution in [0.4, 0.5) is 0 Å². The molecule has 2 aromatic rings. The molecule has 0 bridgehead atoms. The van der Waals surface area contributed by atoms with Gasteiger partial charge in [0, 0.05) is 48.4 Å². The minimum atomic E-state index is -1.62. The molecule has 0 saturated heterocycles. The molecular weight excluding hydrogens is 677 g/mol. The number of rotatable bonds is 13. The van der Waals surface area contributed by atoms with Crippen LogP contribution in [0.15, 0.2) is 30.3 Å². The van der Waals surface area contributed by atoms with Crippen molar-refractivity contribution in [1.29, 1.82) is 0 Å². The maximum Gasteiger partial charge on any atom is 0.0741 e. The first-order valence-corrected chi connectivity index (χ1v) is 41.9. The van der Waals surface area contributed by atoms with Crippen molar-refractivity contribution < 1.29 is 0 Å². The third-order valence-electron chi connectivity index (χ3n) is 10.3. The molecule has 0 nitrogen and oxygen atoms in total. The summed E-state index contributed by atoms with van der Waals surface area (Å²) in [5.41, 5.74) is 8.42. The zero-order valence-electron chi connectivity index (χ0n) is 35.5. The molecular formula is C40H78Si7. The van der Waals surface area contributed by atoms with E-state index in [1.54, 1.807) is 38.2 Å². The Kier molecular flexibility index (Phi) is 13.2. The maximum atomic E-state index is 5.43. The molecule has 2 aromatic carbocycles. The first-order valence-electron chi connectivity index (χ1n) is 18.7. The molecule has 0 aliphatic heterocycles. The largest absolute Gasteiger partial charge is 0.110 e. The molecule has 0 aromatic heterocycles. The van der Waals surface area contributed by atoms with Gasteiger partial charge in [0.2, 0.25) is 0 Å². The Labute approximate surface area is 302 Å². The van der Waals surface area contributed by atoms with Crippen LogP contribution < -0.4 is 10.4 Å². The highest BCUT2D eigenvalue weighted by Gasteiger charge is 2.47. The average molecular weight is 756 g/mol. The van der Waals surface area contributed by atoms with Crippen LogP contribution in [0.5, 0.6) is 0 Å². The van der Waals surface area contributed by atoms with Gasteiger partial charge in [0.05, 0.1) is 8.41 Å². The molecule has 0 atom stereocenters. The Morgan fingerprint density at radius 2 is 0.681 bits per heavy atom. The van der Waals surface area contributed by atoms with E-state index in [2.05, 4.69) is 176 Å². The third-order valence-corrected chi connectivity index (χ3v) is 40.6. The van der Waals surface area contributed by atoms with Gasteiger partial charge in [-0.25, -0.2) is 0 Å². The summed E-state index contributed by atoms with van der Waals surface area (Å²) in [4.78, 5) is 0. The topological polar surface area (TPSA) is 0 Å². The normalized spacial score (nSPS) is 14.4. The Hall–Kier alpha value is -0.172. The lowest BCUT2D eigenvalue weighted by Gasteiger charge is -2.46. The molecule has 0 N–H and O–H groups in total. The van der Waals surface area contributed by atoms with Gasteiger partial charge < -0.3 is 0 Å². The fourth-order valence-electron chi connectivity index (χ4n) is 10.5. The summed E-state index contributed by atoms with van der Waals surface area (Å²) < 4.78 is 0. The number of benzene rings is 2. The van der Waals surface area contributed by atoms with Crippen molar-refractivity contribution in [2.24, 2.45) is 0 Å². The summed E-state index contributed by atoms with van der Waals surface area (Å²) in [6.45, 7) is 57.9. The van der Waals surface area contributed by atoms with Crippen molar-refractivity contribution in [3.8, 4) is 0 Å². The van der Waals surface area contributed by atoms with Crippen molar-refractivity contribution in [1.82, 2.24) is 0 Å². The molecule has 0 aliphatic carbocycles. The molecule has 0 radical (unpaired) electrons. The highest BCUT2D eigenvalue weighted by molar-refractivity contribution is 6.99. The van der Waals surface area contributed by atoms with Crippen molar-refractivity contribution in [2.75, 3.05) is 0 Å². The molecule has 47 heavy (non-hydrogen) atoms. The van der Waals surface area contributed by atoms with Gasteiger partial charge in [-0.15, -0.1) is 6.17 Å². The van der Waals surface area contributed by atoms with Crippen LogP contribution in [0, 0.1) is 0 Å². The minimum Gasteiger partial charge on any atom is -0.110 e. The van der Waals surface area contributed by atoms with Crippen LogP contribution in [0.25, 0.3) is 0 Å². The first-order chi connectivity index (χ1) is 20.7. The zero-order valence-corrected chi connectivity index (χ0v) is 42.5. The number of hydrogen-bond donors (Lipinski definition) is 0. The van der Waals surface area contributed by atoms with Gasteiger partial charge in [-0.3, -0.25) is 0 Å². The summed E-state index contributed by atoms with van der Waals surface area (Å²) in [5, 5.41) is 5.55. The Morgan fingerprint density at radius 1 is 0.426 bits per heavy atom. The molecule has 0 heterocycles. The van der Waals surface area contributed by atoms with Crippen LogP contribution in [0.2, 0.25) is 118 Å². The molecule has 0 fully saturated rings. The summed E-state index contributed by atoms with van der Waals surface area (Å²) in [6, 6.07) is 13.0. The fourth-order valence-corrected chi connectivity index (χ4v) is 52.0. The van der Waals surface area contributed by atoms with E-state index in [0.29, 0.717) is 22.2 Å². The van der Waals surface area contributed by atoms with Crippen LogP contribution in [-0.2, 0) is 0 Å². The quantitative estimate of drug-likeness (QED) is 0.179. The fraction of sp³-hybridized carbons (Fsp3) is 0.675. The zero-order chi connectivity index (χ0) is 37.0. The molecule has 7 heteroatoms. The van der Waals surface area contributed by atoms with Gasteiger partial charge in [0.1, 0.15) is 0 Å². The predicted molar refractivity (Wildman–Crippen MR) is 242 cm³/mol. The molecule has 266 valence electrons. The second-order valence-electron chi connectivity index (χ2n) is 22.2. The lowest BCUT2D eigenvalue weighted by molar-refractivity contribution is 0.845. The minimum absolute atomic E-state index is 0.495. The lowest BCUT2D eigenvalue weighted by Crippen LogP contribution is -2.55. The van der Waals surface area contributed by atoms with E-state index in [9.17, 15) is 0 Å². The SMILES string of the molecule is C=[Si](c1c(C(C)C)cccc1C(C)C)c1c(C([Si](C)(C)C)[Si](C)(C)C)cc(C([Si](C)(C)C)[Si](C)(C)C)cc1C([Si](C)(C)C)[Si](C)(C)C. The van der Waals surface area contributed by atoms with E-state index in [4.69, 9.17) is 6.17 Å². The maximum absolute atomic E-state index is 5.43. The average Bonchev–Trinajstić information content (AvgIpc) is 2.77. The third kappa shape index (κ3) is 10.00. The summed E-state index contributed by atoms with van der Waals surface area (Å²) in [6.07, 6.45) is 5.43. The summed E-state index contributed by atoms with van der Waals surface area (Å²) >= 11 is 0. The predicted octanol–water partition coefficient (Wildman–Crippen LogP) is 12.1. The van der Waals surface area contributed by atoms with Gasteiger partial charge in [-0.2, -0.15) is 0 Å². The van der Waals surface area contributed by atoms with E-state index in [1.807, 2.05) is 0 Å². The monoisotopic (exact) mass is 754 g/mol. The Balaban J connectivity index is 3.54. The number of hydrogen-bond acceptors (Lipinski definition) is 0. The van der Waals surface area contributed by atoms with Crippen LogP contribution >= 0.6 is 0 Å². The highest BCUT2D eigenvalue weighted by Crippen LogP contribution is 2.44. The van der Waals surface area contributed by atoms with Crippen LogP contribution in [0.1, 0.15) is 82.8 Å². The van der Waals surface area contributed by atoms with E-state index in [0.717, 1.165) is 5.16 Å². The second-order valence-corrected chi connectivity index (χ2v) is 57.7. The second kappa shape index (κ2) is 14.5. The van der Waals surface area contributed by atoms with E-state index in [-0.39, 0.29) is 0 Å². The highest BCUT2D eigenvalue weighted by atomic mass is 28.4. The van der Waals surface area contributed by atoms with E-state index in [1.165, 1.54) is 0 Å². The van der Waals surface area contributed by atoms with Crippen molar-refractivity contribution >= 4 is 73.4 Å². The Bertz CT molecular complexity index is 1290. The Morgan fingerprint density at radius 3 is 0.915 bits per heavy atom. The van der Waals surface area contributed by atoms with E-state index < -0.39 is 56.9 Å². The molecule has 0 saturated carbocycles. The molecule has 0 spiro atoms. The lowest BCUT2D eigenvalue weighted by atomic mass is 9.95. The van der Waals surface area contributed by atoms with Crippen molar-refractivity contribution in [3.05, 3.63) is 58.1 Å². The van der Waals surface area contributed by atoms with Gasteiger partial charge in [-0.1, -0.05) is 176 Å². The van der Waals surface area contributed by atoms with Gasteiger partial charge in [-0.05, 0) is 65.5 Å². The van der Waals surface area contributed by atoms with Gasteiger partial charge >= 0.3 is 0 Å². The van der Waals surface area contributed by atoms with E-state index >= 15 is 0 Å². The van der Waals surface area contributed by atoms with Gasteiger partial charge in [0.15, 0.2) is 0 Å². The van der Waals surface area contributed by atoms with Gasteiger partial charge in [0.25, 0.3) is 0 Å². The van der Waals surface area contributed by atoms with Crippen molar-refractivity contribution in [3.63, 3.8) is 0 Å². The standard InChI is InChI=1S/C40H78Si7/c1-29(2)32-25-24-26-33(30(3)4)36(32)41(5)37-34(39(44(12,13)14)45(15,16)17)27-31(38(42(6,7)8)43(9,10)11)28-35(37)40(46(18,19)20)47(21,22)23/h24-30,38-40H,5H2,1-4,6-23H3.